The summed E-state index contributed by atoms with van der Waals surface area (Å²) in [5.74, 6) is 0.638. The maximum atomic E-state index is 10.5. The number of hydrazone groups is 2. The van der Waals surface area contributed by atoms with E-state index < -0.39 is 86.7 Å². The molecular formula is C28H40N6O15. The lowest BCUT2D eigenvalue weighted by Gasteiger charge is -2.39. The Labute approximate surface area is 277 Å². The fraction of sp³-hybridized carbons (Fsp3) is 0.429. The van der Waals surface area contributed by atoms with E-state index in [1.807, 2.05) is 10.9 Å². The summed E-state index contributed by atoms with van der Waals surface area (Å²) in [6.45, 7) is -1.07. The fourth-order valence-electron chi connectivity index (χ4n) is 4.20. The SMILES string of the molecule is NC(=O)N/N=C/c1ccc(O[C@@H]2O[C@H](CO)[C@@H](O)[C@@H](O)[C@H]2O)cc1.NC(=O)N/N=C/c1ccc(O[C@@H]2O[C@H](CO)[C@@H](O)[C@@H](O)[C@H]2O)cc1.O. The molecule has 0 aromatic heterocycles. The monoisotopic (exact) mass is 700 g/mol. The highest BCUT2D eigenvalue weighted by atomic mass is 16.7. The molecule has 16 N–H and O–H groups in total. The first kappa shape index (κ1) is 40.7. The van der Waals surface area contributed by atoms with Gasteiger partial charge in [-0.1, -0.05) is 0 Å². The summed E-state index contributed by atoms with van der Waals surface area (Å²) in [5, 5.41) is 84.0. The zero-order chi connectivity index (χ0) is 35.4. The molecule has 2 saturated heterocycles. The molecule has 0 saturated carbocycles. The van der Waals surface area contributed by atoms with Crippen molar-refractivity contribution in [2.45, 2.75) is 61.4 Å². The van der Waals surface area contributed by atoms with E-state index in [0.29, 0.717) is 22.6 Å². The highest BCUT2D eigenvalue weighted by Crippen LogP contribution is 2.25. The van der Waals surface area contributed by atoms with Gasteiger partial charge in [-0.2, -0.15) is 10.2 Å². The van der Waals surface area contributed by atoms with E-state index in [1.165, 1.54) is 12.4 Å². The van der Waals surface area contributed by atoms with Crippen LogP contribution in [0.4, 0.5) is 9.59 Å². The Balaban J connectivity index is 0.000000333. The van der Waals surface area contributed by atoms with Gasteiger partial charge in [-0.25, -0.2) is 20.4 Å². The average molecular weight is 701 g/mol. The first-order chi connectivity index (χ1) is 22.8. The number of benzene rings is 2. The molecule has 2 fully saturated rings. The lowest BCUT2D eigenvalue weighted by atomic mass is 9.99. The third kappa shape index (κ3) is 11.8. The number of nitrogens with zero attached hydrogens (tertiary/aromatic N) is 2. The van der Waals surface area contributed by atoms with Gasteiger partial charge in [0.1, 0.15) is 60.3 Å². The number of nitrogens with one attached hydrogen (secondary N) is 2. The summed E-state index contributed by atoms with van der Waals surface area (Å²) in [6.07, 6.45) is -10.7. The van der Waals surface area contributed by atoms with Crippen LogP contribution in [-0.2, 0) is 9.47 Å². The van der Waals surface area contributed by atoms with Crippen molar-refractivity contribution in [2.75, 3.05) is 13.2 Å². The number of aliphatic hydroxyl groups excluding tert-OH is 8. The van der Waals surface area contributed by atoms with E-state index in [2.05, 4.69) is 10.2 Å². The van der Waals surface area contributed by atoms with Crippen molar-refractivity contribution < 1.29 is 74.9 Å². The molecule has 0 bridgehead atoms. The van der Waals surface area contributed by atoms with Crippen LogP contribution in [0.15, 0.2) is 58.7 Å². The molecule has 10 atom stereocenters. The number of carbonyl (C=O) groups excluding carboxylic acids is 2. The van der Waals surface area contributed by atoms with Gasteiger partial charge in [0.15, 0.2) is 0 Å². The van der Waals surface area contributed by atoms with Crippen LogP contribution in [0.5, 0.6) is 11.5 Å². The van der Waals surface area contributed by atoms with Crippen molar-refractivity contribution in [1.29, 1.82) is 0 Å². The zero-order valence-corrected chi connectivity index (χ0v) is 25.5. The minimum atomic E-state index is -1.51. The second kappa shape index (κ2) is 19.5. The topological polar surface area (TPSA) is 365 Å². The summed E-state index contributed by atoms with van der Waals surface area (Å²) in [6, 6.07) is 11.1. The number of hydrogen-bond acceptors (Lipinski definition) is 16. The van der Waals surface area contributed by atoms with Gasteiger partial charge in [0, 0.05) is 0 Å². The van der Waals surface area contributed by atoms with Crippen molar-refractivity contribution in [1.82, 2.24) is 10.9 Å². The van der Waals surface area contributed by atoms with Gasteiger partial charge in [-0.15, -0.1) is 0 Å². The third-order valence-corrected chi connectivity index (χ3v) is 6.74. The number of carbonyl (C=O) groups is 2. The Morgan fingerprint density at radius 1 is 0.633 bits per heavy atom. The Morgan fingerprint density at radius 2 is 0.959 bits per heavy atom. The molecule has 0 spiro atoms. The lowest BCUT2D eigenvalue weighted by Crippen LogP contribution is -2.60. The second-order valence-electron chi connectivity index (χ2n) is 10.2. The molecule has 49 heavy (non-hydrogen) atoms. The molecular weight excluding hydrogens is 660 g/mol. The number of primary amides is 2. The van der Waals surface area contributed by atoms with E-state index in [-0.39, 0.29) is 5.48 Å². The number of ether oxygens (including phenoxy) is 4. The average Bonchev–Trinajstić information content (AvgIpc) is 3.06. The molecule has 21 nitrogen and oxygen atoms in total. The van der Waals surface area contributed by atoms with Crippen molar-refractivity contribution in [2.24, 2.45) is 21.7 Å². The molecule has 0 radical (unpaired) electrons. The van der Waals surface area contributed by atoms with E-state index in [1.54, 1.807) is 48.5 Å². The van der Waals surface area contributed by atoms with Crippen LogP contribution in [0.25, 0.3) is 0 Å². The minimum Gasteiger partial charge on any atom is -0.462 e. The maximum absolute atomic E-state index is 10.5. The standard InChI is InChI=1S/2C14H19N3O7.H2O/c2*15-14(22)17-16-5-7-1-3-8(4-2-7)23-13-12(21)11(20)10(19)9(6-18)24-13;/h2*1-5,9-13,18-21H,6H2,(H3,15,17,22);1H2/b2*16-5+;/t2*9-,10-,11-,12-,13-;/m11./s1. The lowest BCUT2D eigenvalue weighted by molar-refractivity contribution is -0.277. The third-order valence-electron chi connectivity index (χ3n) is 6.74. The summed E-state index contributed by atoms with van der Waals surface area (Å²) >= 11 is 0. The van der Waals surface area contributed by atoms with E-state index in [4.69, 9.17) is 40.6 Å². The predicted octanol–water partition coefficient (Wildman–Crippen LogP) is -5.09. The molecule has 2 heterocycles. The molecule has 2 aromatic rings. The molecule has 2 aromatic carbocycles. The maximum Gasteiger partial charge on any atom is 0.332 e. The van der Waals surface area contributed by atoms with Crippen molar-refractivity contribution in [3.63, 3.8) is 0 Å². The summed E-state index contributed by atoms with van der Waals surface area (Å²) in [4.78, 5) is 21.0. The molecule has 2 aliphatic rings. The first-order valence-electron chi connectivity index (χ1n) is 14.2. The summed E-state index contributed by atoms with van der Waals surface area (Å²) in [7, 11) is 0. The summed E-state index contributed by atoms with van der Waals surface area (Å²) in [5.41, 5.74) is 15.1. The van der Waals surface area contributed by atoms with Crippen LogP contribution in [0.2, 0.25) is 0 Å². The number of hydrogen-bond donors (Lipinski definition) is 12. The van der Waals surface area contributed by atoms with Crippen molar-refractivity contribution >= 4 is 24.5 Å². The number of aliphatic hydroxyl groups is 8. The van der Waals surface area contributed by atoms with Gasteiger partial charge in [0.2, 0.25) is 12.6 Å². The van der Waals surface area contributed by atoms with Crippen LogP contribution in [0, 0.1) is 0 Å². The normalized spacial score (nSPS) is 29.6. The van der Waals surface area contributed by atoms with Crippen LogP contribution in [0.1, 0.15) is 11.1 Å². The van der Waals surface area contributed by atoms with Crippen molar-refractivity contribution in [3.05, 3.63) is 59.7 Å². The Hall–Kier alpha value is -4.52. The molecule has 21 heteroatoms. The van der Waals surface area contributed by atoms with Crippen LogP contribution >= 0.6 is 0 Å². The molecule has 272 valence electrons. The highest BCUT2D eigenvalue weighted by Gasteiger charge is 2.45. The van der Waals surface area contributed by atoms with Crippen LogP contribution in [-0.4, -0.2) is 145 Å². The van der Waals surface area contributed by atoms with Gasteiger partial charge in [-0.3, -0.25) is 0 Å². The zero-order valence-electron chi connectivity index (χ0n) is 25.5. The number of urea groups is 2. The quantitative estimate of drug-likeness (QED) is 0.0815. The minimum absolute atomic E-state index is 0. The van der Waals surface area contributed by atoms with E-state index >= 15 is 0 Å². The molecule has 4 rings (SSSR count). The van der Waals surface area contributed by atoms with Gasteiger partial charge < -0.3 is 76.7 Å². The van der Waals surface area contributed by atoms with Gasteiger partial charge >= 0.3 is 12.1 Å². The van der Waals surface area contributed by atoms with Gasteiger partial charge in [-0.05, 0) is 59.7 Å². The number of nitrogens with two attached hydrogens (primary N) is 2. The molecule has 2 aliphatic heterocycles. The van der Waals surface area contributed by atoms with Crippen LogP contribution in [0.3, 0.4) is 0 Å². The smallest absolute Gasteiger partial charge is 0.332 e. The van der Waals surface area contributed by atoms with Gasteiger partial charge in [0.25, 0.3) is 0 Å². The highest BCUT2D eigenvalue weighted by molar-refractivity contribution is 5.82. The van der Waals surface area contributed by atoms with Crippen molar-refractivity contribution in [3.8, 4) is 11.5 Å². The largest absolute Gasteiger partial charge is 0.462 e. The second-order valence-corrected chi connectivity index (χ2v) is 10.2. The Kier molecular flexibility index (Phi) is 16.2. The summed E-state index contributed by atoms with van der Waals surface area (Å²) < 4.78 is 21.3. The molecule has 0 unspecified atom stereocenters. The fourth-order valence-corrected chi connectivity index (χ4v) is 4.20. The van der Waals surface area contributed by atoms with E-state index in [0.717, 1.165) is 0 Å². The number of amides is 4. The molecule has 0 aliphatic carbocycles. The van der Waals surface area contributed by atoms with E-state index in [9.17, 15) is 40.2 Å². The van der Waals surface area contributed by atoms with Gasteiger partial charge in [0.05, 0.1) is 25.6 Å². The Morgan fingerprint density at radius 3 is 1.24 bits per heavy atom. The Bertz CT molecular complexity index is 1260. The molecule has 4 amide bonds. The predicted molar refractivity (Wildman–Crippen MR) is 166 cm³/mol. The van der Waals surface area contributed by atoms with Crippen LogP contribution < -0.4 is 31.8 Å². The number of rotatable bonds is 10. The first-order valence-corrected chi connectivity index (χ1v) is 14.2.